The van der Waals surface area contributed by atoms with Crippen molar-refractivity contribution in [2.45, 2.75) is 25.3 Å². The van der Waals surface area contributed by atoms with Crippen molar-refractivity contribution in [2.75, 3.05) is 19.5 Å². The van der Waals surface area contributed by atoms with Gasteiger partial charge in [0.25, 0.3) is 0 Å². The zero-order valence-corrected chi connectivity index (χ0v) is 12.3. The highest BCUT2D eigenvalue weighted by Gasteiger charge is 2.12. The minimum absolute atomic E-state index is 0.432. The molecule has 0 fully saturated rings. The number of allylic oxidation sites excluding steroid dienone is 1. The molecule has 0 bridgehead atoms. The first-order valence-electron chi connectivity index (χ1n) is 7.10. The molecule has 0 aliphatic heterocycles. The molecule has 1 unspecified atom stereocenters. The second-order valence-corrected chi connectivity index (χ2v) is 5.08. The number of nitrogens with one attached hydrogen (secondary N) is 1. The summed E-state index contributed by atoms with van der Waals surface area (Å²) in [7, 11) is 3.23. The van der Waals surface area contributed by atoms with Crippen LogP contribution in [0.2, 0.25) is 0 Å². The fourth-order valence-corrected chi connectivity index (χ4v) is 2.54. The Bertz CT molecular complexity index is 670. The molecule has 1 atom stereocenters. The van der Waals surface area contributed by atoms with Crippen molar-refractivity contribution in [2.24, 2.45) is 0 Å². The highest BCUT2D eigenvalue weighted by Crippen LogP contribution is 2.31. The maximum absolute atomic E-state index is 5.31. The van der Waals surface area contributed by atoms with Gasteiger partial charge in [0.1, 0.15) is 5.82 Å². The Kier molecular flexibility index (Phi) is 3.90. The van der Waals surface area contributed by atoms with E-state index < -0.39 is 0 Å². The van der Waals surface area contributed by atoms with Gasteiger partial charge in [-0.05, 0) is 19.3 Å². The van der Waals surface area contributed by atoms with Gasteiger partial charge < -0.3 is 14.8 Å². The first kappa shape index (κ1) is 13.7. The lowest BCUT2D eigenvalue weighted by atomic mass is 10.0. The van der Waals surface area contributed by atoms with Crippen molar-refractivity contribution in [3.05, 3.63) is 30.5 Å². The Labute approximate surface area is 124 Å². The molecular formula is C16H19N3O2. The Hall–Kier alpha value is -2.30. The van der Waals surface area contributed by atoms with E-state index in [4.69, 9.17) is 9.47 Å². The van der Waals surface area contributed by atoms with Crippen molar-refractivity contribution in [1.82, 2.24) is 9.97 Å². The van der Waals surface area contributed by atoms with Crippen LogP contribution >= 0.6 is 0 Å². The highest BCUT2D eigenvalue weighted by molar-refractivity contribution is 5.80. The van der Waals surface area contributed by atoms with E-state index in [1.54, 1.807) is 20.4 Å². The molecule has 0 radical (unpaired) electrons. The molecule has 1 N–H and O–H groups in total. The van der Waals surface area contributed by atoms with Crippen LogP contribution in [-0.2, 0) is 0 Å². The van der Waals surface area contributed by atoms with E-state index in [0.29, 0.717) is 17.5 Å². The van der Waals surface area contributed by atoms with Gasteiger partial charge in [-0.1, -0.05) is 12.2 Å². The van der Waals surface area contributed by atoms with E-state index in [-0.39, 0.29) is 0 Å². The smallest absolute Gasteiger partial charge is 0.163 e. The van der Waals surface area contributed by atoms with Crippen molar-refractivity contribution in [3.63, 3.8) is 0 Å². The lowest BCUT2D eigenvalue weighted by Gasteiger charge is -2.19. The number of anilines is 1. The number of ether oxygens (including phenoxy) is 2. The number of aromatic nitrogens is 2. The van der Waals surface area contributed by atoms with E-state index in [1.165, 1.54) is 0 Å². The third-order valence-electron chi connectivity index (χ3n) is 3.67. The second kappa shape index (κ2) is 5.99. The molecule has 3 rings (SSSR count). The maximum atomic E-state index is 5.31. The van der Waals surface area contributed by atoms with Crippen molar-refractivity contribution < 1.29 is 9.47 Å². The summed E-state index contributed by atoms with van der Waals surface area (Å²) < 4.78 is 10.6. The van der Waals surface area contributed by atoms with E-state index in [1.807, 2.05) is 12.1 Å². The number of hydrogen-bond donors (Lipinski definition) is 1. The predicted octanol–water partition coefficient (Wildman–Crippen LogP) is 3.17. The zero-order chi connectivity index (χ0) is 14.7. The molecule has 1 aromatic heterocycles. The summed E-state index contributed by atoms with van der Waals surface area (Å²) in [5.74, 6) is 2.13. The van der Waals surface area contributed by atoms with Crippen LogP contribution in [0.4, 0.5) is 5.82 Å². The molecule has 21 heavy (non-hydrogen) atoms. The van der Waals surface area contributed by atoms with Crippen molar-refractivity contribution in [3.8, 4) is 11.5 Å². The minimum atomic E-state index is 0.432. The second-order valence-electron chi connectivity index (χ2n) is 5.08. The Morgan fingerprint density at radius 1 is 1.10 bits per heavy atom. The van der Waals surface area contributed by atoms with Gasteiger partial charge in [0, 0.05) is 18.2 Å². The van der Waals surface area contributed by atoms with Gasteiger partial charge in [-0.2, -0.15) is 0 Å². The van der Waals surface area contributed by atoms with Crippen molar-refractivity contribution >= 4 is 16.9 Å². The van der Waals surface area contributed by atoms with Crippen LogP contribution in [0.3, 0.4) is 0 Å². The van der Waals surface area contributed by atoms with E-state index in [2.05, 4.69) is 27.4 Å². The van der Waals surface area contributed by atoms with Gasteiger partial charge in [-0.3, -0.25) is 4.98 Å². The third-order valence-corrected chi connectivity index (χ3v) is 3.67. The average molecular weight is 285 g/mol. The van der Waals surface area contributed by atoms with Crippen LogP contribution in [-0.4, -0.2) is 30.2 Å². The van der Waals surface area contributed by atoms with Gasteiger partial charge in [-0.15, -0.1) is 0 Å². The highest BCUT2D eigenvalue weighted by atomic mass is 16.5. The Morgan fingerprint density at radius 2 is 1.86 bits per heavy atom. The van der Waals surface area contributed by atoms with Gasteiger partial charge in [-0.25, -0.2) is 4.98 Å². The van der Waals surface area contributed by atoms with E-state index in [9.17, 15) is 0 Å². The molecule has 0 saturated heterocycles. The molecule has 0 spiro atoms. The summed E-state index contributed by atoms with van der Waals surface area (Å²) in [6.07, 6.45) is 9.48. The van der Waals surface area contributed by atoms with Crippen LogP contribution in [0.5, 0.6) is 11.5 Å². The standard InChI is InChI=1S/C16H19N3O2/c1-20-14-8-12-13(9-15(14)21-2)19-16(10-17-12)18-11-6-4-3-5-7-11/h3-4,8-11H,5-7H2,1-2H3,(H,18,19). The molecule has 1 aromatic carbocycles. The maximum Gasteiger partial charge on any atom is 0.163 e. The van der Waals surface area contributed by atoms with Gasteiger partial charge >= 0.3 is 0 Å². The van der Waals surface area contributed by atoms with Crippen LogP contribution in [0.15, 0.2) is 30.5 Å². The predicted molar refractivity (Wildman–Crippen MR) is 83.0 cm³/mol. The zero-order valence-electron chi connectivity index (χ0n) is 12.3. The number of nitrogens with zero attached hydrogens (tertiary/aromatic N) is 2. The van der Waals surface area contributed by atoms with E-state index in [0.717, 1.165) is 36.1 Å². The molecule has 1 heterocycles. The monoisotopic (exact) mass is 285 g/mol. The normalized spacial score (nSPS) is 17.7. The first-order chi connectivity index (χ1) is 10.3. The van der Waals surface area contributed by atoms with Gasteiger partial charge in [0.05, 0.1) is 31.4 Å². The summed E-state index contributed by atoms with van der Waals surface area (Å²) in [6.45, 7) is 0. The molecule has 110 valence electrons. The molecule has 2 aromatic rings. The average Bonchev–Trinajstić information content (AvgIpc) is 2.54. The molecule has 5 heteroatoms. The first-order valence-corrected chi connectivity index (χ1v) is 7.10. The summed E-state index contributed by atoms with van der Waals surface area (Å²) in [5, 5.41) is 3.44. The summed E-state index contributed by atoms with van der Waals surface area (Å²) in [6, 6.07) is 4.13. The fourth-order valence-electron chi connectivity index (χ4n) is 2.54. The summed E-state index contributed by atoms with van der Waals surface area (Å²) >= 11 is 0. The number of rotatable bonds is 4. The van der Waals surface area contributed by atoms with Crippen LogP contribution in [0, 0.1) is 0 Å². The van der Waals surface area contributed by atoms with Crippen LogP contribution in [0.1, 0.15) is 19.3 Å². The molecule has 0 amide bonds. The topological polar surface area (TPSA) is 56.3 Å². The minimum Gasteiger partial charge on any atom is -0.493 e. The fraction of sp³-hybridized carbons (Fsp3) is 0.375. The Balaban J connectivity index is 1.90. The Morgan fingerprint density at radius 3 is 2.52 bits per heavy atom. The summed E-state index contributed by atoms with van der Waals surface area (Å²) in [4.78, 5) is 9.07. The van der Waals surface area contributed by atoms with Gasteiger partial charge in [0.15, 0.2) is 11.5 Å². The molecule has 0 saturated carbocycles. The molecular weight excluding hydrogens is 266 g/mol. The quantitative estimate of drug-likeness (QED) is 0.874. The number of fused-ring (bicyclic) bond motifs is 1. The number of hydrogen-bond acceptors (Lipinski definition) is 5. The number of methoxy groups -OCH3 is 2. The lowest BCUT2D eigenvalue weighted by molar-refractivity contribution is 0.355. The summed E-state index contributed by atoms with van der Waals surface area (Å²) in [5.41, 5.74) is 1.59. The largest absolute Gasteiger partial charge is 0.493 e. The van der Waals surface area contributed by atoms with Gasteiger partial charge in [0.2, 0.25) is 0 Å². The third kappa shape index (κ3) is 2.91. The van der Waals surface area contributed by atoms with Crippen LogP contribution < -0.4 is 14.8 Å². The van der Waals surface area contributed by atoms with Crippen LogP contribution in [0.25, 0.3) is 11.0 Å². The SMILES string of the molecule is COc1cc2ncc(NC3CC=CCC3)nc2cc1OC. The molecule has 1 aliphatic carbocycles. The lowest BCUT2D eigenvalue weighted by Crippen LogP contribution is -2.21. The van der Waals surface area contributed by atoms with Crippen molar-refractivity contribution in [1.29, 1.82) is 0 Å². The number of benzene rings is 1. The van der Waals surface area contributed by atoms with E-state index >= 15 is 0 Å². The molecule has 5 nitrogen and oxygen atoms in total. The molecule has 1 aliphatic rings.